The summed E-state index contributed by atoms with van der Waals surface area (Å²) in [7, 11) is 0. The molecule has 0 aliphatic rings. The third-order valence-corrected chi connectivity index (χ3v) is 4.72. The van der Waals surface area contributed by atoms with Crippen molar-refractivity contribution in [3.05, 3.63) is 76.6 Å². The van der Waals surface area contributed by atoms with Crippen LogP contribution in [0, 0.1) is 17.0 Å². The predicted molar refractivity (Wildman–Crippen MR) is 107 cm³/mol. The van der Waals surface area contributed by atoms with E-state index in [-0.39, 0.29) is 5.69 Å². The van der Waals surface area contributed by atoms with Gasteiger partial charge in [0.15, 0.2) is 0 Å². The van der Waals surface area contributed by atoms with Gasteiger partial charge in [0.25, 0.3) is 11.5 Å². The molecule has 0 bridgehead atoms. The Morgan fingerprint density at radius 1 is 1.00 bits per heavy atom. The first-order valence-corrected chi connectivity index (χ1v) is 8.66. The van der Waals surface area contributed by atoms with E-state index in [4.69, 9.17) is 0 Å². The largest absolute Gasteiger partial charge is 0.340 e. The van der Waals surface area contributed by atoms with Gasteiger partial charge >= 0.3 is 0 Å². The molecule has 0 radical (unpaired) electrons. The first-order valence-electron chi connectivity index (χ1n) is 8.66. The zero-order valence-electron chi connectivity index (χ0n) is 14.8. The van der Waals surface area contributed by atoms with E-state index in [2.05, 4.69) is 26.6 Å². The zero-order valence-corrected chi connectivity index (χ0v) is 14.8. The number of anilines is 2. The molecule has 8 nitrogen and oxygen atoms in total. The number of hydrogen-bond acceptors (Lipinski definition) is 6. The summed E-state index contributed by atoms with van der Waals surface area (Å²) in [5.74, 6) is 1.57. The van der Waals surface area contributed by atoms with Crippen LogP contribution in [0.5, 0.6) is 0 Å². The Morgan fingerprint density at radius 2 is 1.82 bits per heavy atom. The van der Waals surface area contributed by atoms with Gasteiger partial charge in [-0.25, -0.2) is 0 Å². The minimum Gasteiger partial charge on any atom is -0.340 e. The van der Waals surface area contributed by atoms with Gasteiger partial charge in [-0.05, 0) is 35.9 Å². The Labute approximate surface area is 158 Å². The smallest absolute Gasteiger partial charge is 0.271 e. The number of rotatable bonds is 3. The summed E-state index contributed by atoms with van der Waals surface area (Å²) in [6, 6.07) is 18.8. The van der Waals surface area contributed by atoms with Gasteiger partial charge in [-0.15, -0.1) is 10.2 Å². The fourth-order valence-corrected chi connectivity index (χ4v) is 3.38. The maximum Gasteiger partial charge on any atom is 0.271 e. The lowest BCUT2D eigenvalue weighted by Gasteiger charge is -2.11. The molecule has 0 spiro atoms. The molecule has 8 heteroatoms. The molecule has 3 aromatic carbocycles. The maximum atomic E-state index is 11.2. The van der Waals surface area contributed by atoms with Crippen molar-refractivity contribution in [1.82, 2.24) is 19.6 Å². The number of benzene rings is 3. The summed E-state index contributed by atoms with van der Waals surface area (Å²) in [5.41, 5.74) is 1.50. The summed E-state index contributed by atoms with van der Waals surface area (Å²) in [5, 5.41) is 25.7. The van der Waals surface area contributed by atoms with Gasteiger partial charge in [-0.1, -0.05) is 30.3 Å². The molecule has 5 aromatic rings. The van der Waals surface area contributed by atoms with Crippen molar-refractivity contribution in [3.8, 4) is 0 Å². The van der Waals surface area contributed by atoms with Crippen LogP contribution in [-0.4, -0.2) is 24.5 Å². The van der Waals surface area contributed by atoms with Crippen LogP contribution in [0.15, 0.2) is 60.7 Å². The third kappa shape index (κ3) is 2.50. The first kappa shape index (κ1) is 16.1. The van der Waals surface area contributed by atoms with E-state index in [0.717, 1.165) is 21.8 Å². The van der Waals surface area contributed by atoms with Gasteiger partial charge in [-0.3, -0.25) is 14.5 Å². The van der Waals surface area contributed by atoms with Crippen LogP contribution in [0.1, 0.15) is 5.82 Å². The fourth-order valence-electron chi connectivity index (χ4n) is 3.38. The Morgan fingerprint density at radius 3 is 2.64 bits per heavy atom. The van der Waals surface area contributed by atoms with E-state index in [1.54, 1.807) is 17.4 Å². The van der Waals surface area contributed by atoms with Crippen molar-refractivity contribution in [1.29, 1.82) is 0 Å². The Kier molecular flexibility index (Phi) is 3.45. The molecule has 0 aliphatic heterocycles. The molecular weight excluding hydrogens is 356 g/mol. The molecule has 2 aromatic heterocycles. The molecule has 0 fully saturated rings. The zero-order chi connectivity index (χ0) is 19.3. The van der Waals surface area contributed by atoms with Crippen molar-refractivity contribution in [3.63, 3.8) is 0 Å². The molecule has 5 rings (SSSR count). The molecule has 0 aliphatic carbocycles. The normalized spacial score (nSPS) is 11.3. The molecule has 0 unspecified atom stereocenters. The summed E-state index contributed by atoms with van der Waals surface area (Å²) in [6.07, 6.45) is 0. The topological polar surface area (TPSA) is 98.2 Å². The second kappa shape index (κ2) is 5.98. The van der Waals surface area contributed by atoms with Crippen molar-refractivity contribution < 1.29 is 4.92 Å². The summed E-state index contributed by atoms with van der Waals surface area (Å²) in [6.45, 7) is 1.79. The number of aromatic nitrogens is 4. The Bertz CT molecular complexity index is 1390. The van der Waals surface area contributed by atoms with Gasteiger partial charge in [-0.2, -0.15) is 4.98 Å². The van der Waals surface area contributed by atoms with Crippen molar-refractivity contribution in [2.45, 2.75) is 6.92 Å². The number of nitrogens with one attached hydrogen (secondary N) is 1. The number of nitrogens with zero attached hydrogens (tertiary/aromatic N) is 5. The number of hydrogen-bond donors (Lipinski definition) is 1. The maximum absolute atomic E-state index is 11.2. The van der Waals surface area contributed by atoms with Crippen LogP contribution < -0.4 is 5.32 Å². The van der Waals surface area contributed by atoms with Gasteiger partial charge in [0.2, 0.25) is 0 Å². The van der Waals surface area contributed by atoms with Crippen molar-refractivity contribution >= 4 is 44.6 Å². The van der Waals surface area contributed by atoms with Crippen molar-refractivity contribution in [2.75, 3.05) is 5.32 Å². The highest BCUT2D eigenvalue weighted by atomic mass is 16.6. The van der Waals surface area contributed by atoms with Crippen LogP contribution in [0.2, 0.25) is 0 Å². The summed E-state index contributed by atoms with van der Waals surface area (Å²) < 4.78 is 1.72. The Hall–Kier alpha value is -4.07. The SMILES string of the molecule is Cc1nnc2nc(Nc3ccc4ccccc4c3)c3ccc([N+](=O)[O-])cc3n12. The van der Waals surface area contributed by atoms with Crippen molar-refractivity contribution in [2.24, 2.45) is 0 Å². The van der Waals surface area contributed by atoms with Gasteiger partial charge < -0.3 is 5.32 Å². The van der Waals surface area contributed by atoms with Crippen LogP contribution >= 0.6 is 0 Å². The number of non-ortho nitro benzene ring substituents is 1. The molecule has 1 N–H and O–H groups in total. The first-order chi connectivity index (χ1) is 13.6. The standard InChI is InChI=1S/C20H14N6O2/c1-12-23-24-20-22-19(17-9-8-16(26(27)28)11-18(17)25(12)20)21-15-7-6-13-4-2-3-5-14(13)10-15/h2-11H,1H3,(H,21,22,24). The molecule has 0 saturated carbocycles. The van der Waals surface area contributed by atoms with Gasteiger partial charge in [0.1, 0.15) is 11.6 Å². The Balaban J connectivity index is 1.72. The lowest BCUT2D eigenvalue weighted by Crippen LogP contribution is -2.01. The van der Waals surface area contributed by atoms with E-state index >= 15 is 0 Å². The average Bonchev–Trinajstić information content (AvgIpc) is 3.08. The monoisotopic (exact) mass is 370 g/mol. The molecular formula is C20H14N6O2. The summed E-state index contributed by atoms with van der Waals surface area (Å²) in [4.78, 5) is 15.4. The number of nitro benzene ring substituents is 1. The molecule has 136 valence electrons. The fraction of sp³-hybridized carbons (Fsp3) is 0.0500. The minimum atomic E-state index is -0.415. The van der Waals surface area contributed by atoms with Crippen LogP contribution in [-0.2, 0) is 0 Å². The highest BCUT2D eigenvalue weighted by molar-refractivity contribution is 5.95. The lowest BCUT2D eigenvalue weighted by molar-refractivity contribution is -0.384. The second-order valence-electron chi connectivity index (χ2n) is 6.49. The molecule has 28 heavy (non-hydrogen) atoms. The predicted octanol–water partition coefficient (Wildman–Crippen LogP) is 4.39. The minimum absolute atomic E-state index is 0.00440. The second-order valence-corrected chi connectivity index (χ2v) is 6.49. The van der Waals surface area contributed by atoms with E-state index in [1.165, 1.54) is 12.1 Å². The molecule has 0 atom stereocenters. The van der Waals surface area contributed by atoms with Gasteiger partial charge in [0.05, 0.1) is 10.4 Å². The van der Waals surface area contributed by atoms with Gasteiger partial charge in [0, 0.05) is 23.2 Å². The number of fused-ring (bicyclic) bond motifs is 4. The van der Waals surface area contributed by atoms with Crippen LogP contribution in [0.25, 0.3) is 27.5 Å². The molecule has 0 saturated heterocycles. The third-order valence-electron chi connectivity index (χ3n) is 4.72. The van der Waals surface area contributed by atoms with E-state index in [9.17, 15) is 10.1 Å². The van der Waals surface area contributed by atoms with E-state index < -0.39 is 4.92 Å². The van der Waals surface area contributed by atoms with E-state index in [0.29, 0.717) is 22.9 Å². The average molecular weight is 370 g/mol. The molecule has 2 heterocycles. The highest BCUT2D eigenvalue weighted by Gasteiger charge is 2.16. The number of aryl methyl sites for hydroxylation is 1. The quantitative estimate of drug-likeness (QED) is 0.373. The van der Waals surface area contributed by atoms with Crippen LogP contribution in [0.4, 0.5) is 17.2 Å². The van der Waals surface area contributed by atoms with Crippen LogP contribution in [0.3, 0.4) is 0 Å². The molecule has 0 amide bonds. The number of nitro groups is 1. The highest BCUT2D eigenvalue weighted by Crippen LogP contribution is 2.30. The lowest BCUT2D eigenvalue weighted by atomic mass is 10.1. The van der Waals surface area contributed by atoms with E-state index in [1.807, 2.05) is 36.4 Å². The summed E-state index contributed by atoms with van der Waals surface area (Å²) >= 11 is 0.